The Labute approximate surface area is 197 Å². The number of ether oxygens (including phenoxy) is 3. The number of carbonyl (C=O) groups is 1. The standard InChI is InChI=1S/C24H25ClN4O4/c1-15(2)14-33-17-5-6-20(21(25)10-17)22-12-26-13-23(28-22)24(30)29-27-11-16-7-18(31-3)9-19(8-16)32-4/h5-13,15H,14H2,1-4H3,(H,29,30)/b27-11+. The predicted octanol–water partition coefficient (Wildman–Crippen LogP) is 4.61. The first-order chi connectivity index (χ1) is 15.9. The molecule has 1 amide bonds. The van der Waals surface area contributed by atoms with E-state index < -0.39 is 5.91 Å². The van der Waals surface area contributed by atoms with E-state index in [4.69, 9.17) is 25.8 Å². The van der Waals surface area contributed by atoms with Crippen molar-refractivity contribution < 1.29 is 19.0 Å². The zero-order valence-electron chi connectivity index (χ0n) is 18.8. The van der Waals surface area contributed by atoms with Crippen molar-refractivity contribution in [3.63, 3.8) is 0 Å². The van der Waals surface area contributed by atoms with E-state index in [1.54, 1.807) is 50.7 Å². The lowest BCUT2D eigenvalue weighted by Gasteiger charge is -2.11. The second kappa shape index (κ2) is 11.3. The van der Waals surface area contributed by atoms with Crippen LogP contribution in [0.1, 0.15) is 29.9 Å². The first kappa shape index (κ1) is 24.0. The van der Waals surface area contributed by atoms with Gasteiger partial charge in [-0.05, 0) is 36.2 Å². The van der Waals surface area contributed by atoms with Crippen molar-refractivity contribution in [2.45, 2.75) is 13.8 Å². The van der Waals surface area contributed by atoms with E-state index in [-0.39, 0.29) is 5.69 Å². The Hall–Kier alpha value is -3.65. The fraction of sp³-hybridized carbons (Fsp3) is 0.250. The molecule has 0 saturated carbocycles. The van der Waals surface area contributed by atoms with Gasteiger partial charge in [-0.25, -0.2) is 10.4 Å². The summed E-state index contributed by atoms with van der Waals surface area (Å²) in [4.78, 5) is 21.0. The summed E-state index contributed by atoms with van der Waals surface area (Å²) in [6.07, 6.45) is 4.38. The van der Waals surface area contributed by atoms with E-state index >= 15 is 0 Å². The van der Waals surface area contributed by atoms with Gasteiger partial charge in [0, 0.05) is 17.2 Å². The van der Waals surface area contributed by atoms with Crippen LogP contribution in [0.4, 0.5) is 0 Å². The molecule has 172 valence electrons. The molecule has 3 rings (SSSR count). The van der Waals surface area contributed by atoms with Crippen molar-refractivity contribution in [1.29, 1.82) is 0 Å². The summed E-state index contributed by atoms with van der Waals surface area (Å²) in [6, 6.07) is 10.6. The van der Waals surface area contributed by atoms with Gasteiger partial charge in [-0.15, -0.1) is 0 Å². The van der Waals surface area contributed by atoms with Gasteiger partial charge in [0.15, 0.2) is 0 Å². The number of hydrogen-bond donors (Lipinski definition) is 1. The molecule has 0 radical (unpaired) electrons. The van der Waals surface area contributed by atoms with E-state index in [0.29, 0.717) is 51.6 Å². The van der Waals surface area contributed by atoms with Gasteiger partial charge >= 0.3 is 0 Å². The Morgan fingerprint density at radius 1 is 1.09 bits per heavy atom. The number of rotatable bonds is 9. The van der Waals surface area contributed by atoms with Crippen LogP contribution in [0, 0.1) is 5.92 Å². The van der Waals surface area contributed by atoms with Crippen LogP contribution in [-0.2, 0) is 0 Å². The third-order valence-corrected chi connectivity index (χ3v) is 4.73. The van der Waals surface area contributed by atoms with Crippen molar-refractivity contribution >= 4 is 23.7 Å². The molecule has 1 N–H and O–H groups in total. The highest BCUT2D eigenvalue weighted by Crippen LogP contribution is 2.30. The van der Waals surface area contributed by atoms with Crippen LogP contribution in [-0.4, -0.2) is 42.9 Å². The second-order valence-corrected chi connectivity index (χ2v) is 7.89. The SMILES string of the molecule is COc1cc(/C=N/NC(=O)c2cncc(-c3ccc(OCC(C)C)cc3Cl)n2)cc(OC)c1. The molecule has 0 unspecified atom stereocenters. The average Bonchev–Trinajstić information content (AvgIpc) is 2.82. The lowest BCUT2D eigenvalue weighted by Crippen LogP contribution is -2.19. The maximum Gasteiger partial charge on any atom is 0.291 e. The zero-order chi connectivity index (χ0) is 23.8. The fourth-order valence-corrected chi connectivity index (χ4v) is 3.06. The highest BCUT2D eigenvalue weighted by atomic mass is 35.5. The Balaban J connectivity index is 1.72. The minimum atomic E-state index is -0.511. The molecular formula is C24H25ClN4O4. The van der Waals surface area contributed by atoms with Crippen LogP contribution in [0.25, 0.3) is 11.3 Å². The number of nitrogens with one attached hydrogen (secondary N) is 1. The Bertz CT molecular complexity index is 1130. The largest absolute Gasteiger partial charge is 0.497 e. The molecule has 0 fully saturated rings. The van der Waals surface area contributed by atoms with Crippen LogP contribution in [0.5, 0.6) is 17.2 Å². The molecule has 0 aliphatic heterocycles. The monoisotopic (exact) mass is 468 g/mol. The molecular weight excluding hydrogens is 444 g/mol. The summed E-state index contributed by atoms with van der Waals surface area (Å²) >= 11 is 6.42. The van der Waals surface area contributed by atoms with Gasteiger partial charge in [0.25, 0.3) is 5.91 Å². The minimum absolute atomic E-state index is 0.101. The molecule has 9 heteroatoms. The molecule has 1 aromatic heterocycles. The molecule has 0 spiro atoms. The molecule has 0 aliphatic carbocycles. The summed E-state index contributed by atoms with van der Waals surface area (Å²) in [6.45, 7) is 4.73. The molecule has 0 atom stereocenters. The number of benzene rings is 2. The maximum atomic E-state index is 12.5. The molecule has 0 aliphatic rings. The van der Waals surface area contributed by atoms with Crippen molar-refractivity contribution in [2.75, 3.05) is 20.8 Å². The Kier molecular flexibility index (Phi) is 8.21. The third-order valence-electron chi connectivity index (χ3n) is 4.42. The summed E-state index contributed by atoms with van der Waals surface area (Å²) in [7, 11) is 3.11. The van der Waals surface area contributed by atoms with Gasteiger partial charge in [-0.3, -0.25) is 9.78 Å². The lowest BCUT2D eigenvalue weighted by molar-refractivity contribution is 0.0950. The van der Waals surface area contributed by atoms with Crippen molar-refractivity contribution in [3.05, 3.63) is 65.1 Å². The number of carbonyl (C=O) groups excluding carboxylic acids is 1. The van der Waals surface area contributed by atoms with Crippen molar-refractivity contribution in [3.8, 4) is 28.5 Å². The number of halogens is 1. The van der Waals surface area contributed by atoms with Gasteiger partial charge in [-0.1, -0.05) is 25.4 Å². The summed E-state index contributed by atoms with van der Waals surface area (Å²) in [5.41, 5.74) is 4.34. The summed E-state index contributed by atoms with van der Waals surface area (Å²) in [5, 5.41) is 4.44. The molecule has 33 heavy (non-hydrogen) atoms. The highest BCUT2D eigenvalue weighted by molar-refractivity contribution is 6.33. The average molecular weight is 469 g/mol. The lowest BCUT2D eigenvalue weighted by atomic mass is 10.1. The van der Waals surface area contributed by atoms with Crippen molar-refractivity contribution in [1.82, 2.24) is 15.4 Å². The van der Waals surface area contributed by atoms with Crippen LogP contribution in [0.3, 0.4) is 0 Å². The zero-order valence-corrected chi connectivity index (χ0v) is 19.6. The molecule has 8 nitrogen and oxygen atoms in total. The van der Waals surface area contributed by atoms with Gasteiger partial charge in [-0.2, -0.15) is 5.10 Å². The van der Waals surface area contributed by atoms with Gasteiger partial charge in [0.2, 0.25) is 0 Å². The molecule has 0 saturated heterocycles. The summed E-state index contributed by atoms with van der Waals surface area (Å²) in [5.74, 6) is 1.78. The van der Waals surface area contributed by atoms with E-state index in [1.807, 2.05) is 6.07 Å². The fourth-order valence-electron chi connectivity index (χ4n) is 2.79. The quantitative estimate of drug-likeness (QED) is 0.364. The number of aromatic nitrogens is 2. The number of hydrogen-bond acceptors (Lipinski definition) is 7. The number of amides is 1. The molecule has 3 aromatic rings. The normalized spacial score (nSPS) is 11.0. The first-order valence-corrected chi connectivity index (χ1v) is 10.6. The Morgan fingerprint density at radius 3 is 2.45 bits per heavy atom. The van der Waals surface area contributed by atoms with Crippen LogP contribution in [0.15, 0.2) is 53.9 Å². The number of nitrogens with zero attached hydrogens (tertiary/aromatic N) is 3. The van der Waals surface area contributed by atoms with E-state index in [2.05, 4.69) is 34.3 Å². The molecule has 2 aromatic carbocycles. The van der Waals surface area contributed by atoms with Crippen LogP contribution in [0.2, 0.25) is 5.02 Å². The second-order valence-electron chi connectivity index (χ2n) is 7.48. The maximum absolute atomic E-state index is 12.5. The van der Waals surface area contributed by atoms with Crippen LogP contribution < -0.4 is 19.6 Å². The summed E-state index contributed by atoms with van der Waals surface area (Å²) < 4.78 is 16.1. The molecule has 0 bridgehead atoms. The van der Waals surface area contributed by atoms with Gasteiger partial charge < -0.3 is 14.2 Å². The van der Waals surface area contributed by atoms with Crippen LogP contribution >= 0.6 is 11.6 Å². The third kappa shape index (κ3) is 6.66. The number of methoxy groups -OCH3 is 2. The van der Waals surface area contributed by atoms with Crippen molar-refractivity contribution in [2.24, 2.45) is 11.0 Å². The predicted molar refractivity (Wildman–Crippen MR) is 127 cm³/mol. The molecule has 1 heterocycles. The van der Waals surface area contributed by atoms with E-state index in [9.17, 15) is 4.79 Å². The minimum Gasteiger partial charge on any atom is -0.497 e. The highest BCUT2D eigenvalue weighted by Gasteiger charge is 2.12. The number of hydrazone groups is 1. The topological polar surface area (TPSA) is 94.9 Å². The smallest absolute Gasteiger partial charge is 0.291 e. The van der Waals surface area contributed by atoms with Gasteiger partial charge in [0.1, 0.15) is 22.9 Å². The van der Waals surface area contributed by atoms with E-state index in [0.717, 1.165) is 0 Å². The van der Waals surface area contributed by atoms with E-state index in [1.165, 1.54) is 12.4 Å². The van der Waals surface area contributed by atoms with Gasteiger partial charge in [0.05, 0.1) is 50.2 Å². The Morgan fingerprint density at radius 2 is 1.82 bits per heavy atom. The first-order valence-electron chi connectivity index (χ1n) is 10.2.